The number of nitrogens with zero attached hydrogens (tertiary/aromatic N) is 2. The first-order valence-corrected chi connectivity index (χ1v) is 6.68. The average Bonchev–Trinajstić information content (AvgIpc) is 2.54. The second-order valence-corrected chi connectivity index (χ2v) is 4.89. The van der Waals surface area contributed by atoms with Crippen LogP contribution in [0.25, 0.3) is 11.3 Å². The van der Waals surface area contributed by atoms with Gasteiger partial charge in [-0.1, -0.05) is 41.9 Å². The fourth-order valence-electron chi connectivity index (χ4n) is 2.17. The van der Waals surface area contributed by atoms with Gasteiger partial charge in [-0.3, -0.25) is 9.59 Å². The van der Waals surface area contributed by atoms with Crippen molar-refractivity contribution in [2.45, 2.75) is 0 Å². The van der Waals surface area contributed by atoms with E-state index in [4.69, 9.17) is 22.1 Å². The molecule has 1 aromatic carbocycles. The monoisotopic (exact) mass is 315 g/mol. The minimum absolute atomic E-state index is 0.0297. The predicted molar refractivity (Wildman–Crippen MR) is 79.4 cm³/mol. The highest BCUT2D eigenvalue weighted by molar-refractivity contribution is 6.33. The number of allylic oxidation sites excluding steroid dienone is 2. The van der Waals surface area contributed by atoms with Gasteiger partial charge in [0, 0.05) is 5.56 Å². The number of methoxy groups -OCH3 is 1. The summed E-state index contributed by atoms with van der Waals surface area (Å²) in [4.78, 5) is 32.7. The van der Waals surface area contributed by atoms with Gasteiger partial charge in [0.05, 0.1) is 7.11 Å². The number of carbonyl (C=O) groups is 2. The van der Waals surface area contributed by atoms with E-state index in [-0.39, 0.29) is 28.0 Å². The first kappa shape index (κ1) is 14.2. The number of carbonyl (C=O) groups excluding carboxylic acids is 2. The molecule has 0 saturated carbocycles. The molecule has 110 valence electrons. The van der Waals surface area contributed by atoms with Crippen LogP contribution in [0.4, 0.5) is 0 Å². The first-order valence-electron chi connectivity index (χ1n) is 6.30. The number of ketones is 2. The number of ether oxygens (including phenoxy) is 1. The Bertz CT molecular complexity index is 831. The lowest BCUT2D eigenvalue weighted by molar-refractivity contribution is 0.0897. The molecule has 0 atom stereocenters. The normalized spacial score (nSPS) is 14.1. The molecule has 0 amide bonds. The van der Waals surface area contributed by atoms with Crippen molar-refractivity contribution in [3.8, 4) is 11.3 Å². The molecule has 1 aliphatic carbocycles. The summed E-state index contributed by atoms with van der Waals surface area (Å²) in [6.07, 6.45) is 0. The van der Waals surface area contributed by atoms with Crippen molar-refractivity contribution in [1.82, 2.24) is 9.97 Å². The minimum atomic E-state index is -0.608. The van der Waals surface area contributed by atoms with Crippen molar-refractivity contribution >= 4 is 23.2 Å². The number of hydrogen-bond acceptors (Lipinski definition) is 6. The summed E-state index contributed by atoms with van der Waals surface area (Å²) in [6, 6.07) is 8.99. The molecule has 7 heteroatoms. The van der Waals surface area contributed by atoms with E-state index in [9.17, 15) is 9.59 Å². The Kier molecular flexibility index (Phi) is 3.38. The Hall–Kier alpha value is -2.73. The van der Waals surface area contributed by atoms with E-state index in [1.807, 2.05) is 6.07 Å². The Morgan fingerprint density at radius 3 is 2.27 bits per heavy atom. The van der Waals surface area contributed by atoms with Crippen LogP contribution in [0.1, 0.15) is 21.0 Å². The van der Waals surface area contributed by atoms with Gasteiger partial charge in [-0.05, 0) is 0 Å². The van der Waals surface area contributed by atoms with E-state index < -0.39 is 11.6 Å². The van der Waals surface area contributed by atoms with E-state index in [1.165, 1.54) is 7.11 Å². The van der Waals surface area contributed by atoms with Gasteiger partial charge in [-0.15, -0.1) is 0 Å². The van der Waals surface area contributed by atoms with Gasteiger partial charge in [0.1, 0.15) is 22.8 Å². The van der Waals surface area contributed by atoms with E-state index >= 15 is 0 Å². The zero-order chi connectivity index (χ0) is 15.9. The molecule has 6 nitrogen and oxygen atoms in total. The molecular weight excluding hydrogens is 306 g/mol. The lowest BCUT2D eigenvalue weighted by Gasteiger charge is -2.17. The third-order valence-corrected chi connectivity index (χ3v) is 3.49. The van der Waals surface area contributed by atoms with Crippen LogP contribution in [0.3, 0.4) is 0 Å². The maximum Gasteiger partial charge on any atom is 0.250 e. The zero-order valence-electron chi connectivity index (χ0n) is 11.5. The molecule has 2 aromatic rings. The van der Waals surface area contributed by atoms with Crippen molar-refractivity contribution in [3.05, 3.63) is 58.3 Å². The topological polar surface area (TPSA) is 95.2 Å². The summed E-state index contributed by atoms with van der Waals surface area (Å²) in [5.74, 6) is -1.45. The van der Waals surface area contributed by atoms with Gasteiger partial charge < -0.3 is 10.5 Å². The van der Waals surface area contributed by atoms with E-state index in [0.717, 1.165) is 0 Å². The molecular formula is C15H10ClN3O3. The van der Waals surface area contributed by atoms with Gasteiger partial charge in [0.25, 0.3) is 5.78 Å². The van der Waals surface area contributed by atoms with Crippen LogP contribution < -0.4 is 5.73 Å². The SMILES string of the molecule is COC1=C(N)C(=O)c2nc(-c3ccccc3)c(Cl)nc2C1=O. The summed E-state index contributed by atoms with van der Waals surface area (Å²) in [7, 11) is 1.26. The predicted octanol–water partition coefficient (Wildman–Crippen LogP) is 1.99. The molecule has 22 heavy (non-hydrogen) atoms. The van der Waals surface area contributed by atoms with E-state index in [2.05, 4.69) is 9.97 Å². The number of hydrogen-bond donors (Lipinski definition) is 1. The smallest absolute Gasteiger partial charge is 0.250 e. The Labute approximate surface area is 130 Å². The standard InChI is InChI=1S/C15H10ClN3O3/c1-22-14-8(17)12(20)10-11(13(14)21)19-15(16)9(18-10)7-5-3-2-4-6-7/h2-6H,17H2,1H3. The molecule has 1 heterocycles. The van der Waals surface area contributed by atoms with E-state index in [0.29, 0.717) is 11.3 Å². The first-order chi connectivity index (χ1) is 10.5. The molecule has 0 unspecified atom stereocenters. The van der Waals surface area contributed by atoms with Gasteiger partial charge >= 0.3 is 0 Å². The molecule has 0 saturated heterocycles. The summed E-state index contributed by atoms with van der Waals surface area (Å²) in [6.45, 7) is 0. The highest BCUT2D eigenvalue weighted by atomic mass is 35.5. The highest BCUT2D eigenvalue weighted by Gasteiger charge is 2.35. The van der Waals surface area contributed by atoms with Crippen molar-refractivity contribution in [2.24, 2.45) is 5.73 Å². The number of aromatic nitrogens is 2. The fraction of sp³-hybridized carbons (Fsp3) is 0.0667. The summed E-state index contributed by atoms with van der Waals surface area (Å²) >= 11 is 6.11. The Balaban J connectivity index is 2.23. The number of nitrogens with two attached hydrogens (primary N) is 1. The quantitative estimate of drug-likeness (QED) is 0.910. The van der Waals surface area contributed by atoms with E-state index in [1.54, 1.807) is 24.3 Å². The lowest BCUT2D eigenvalue weighted by Crippen LogP contribution is -2.29. The summed E-state index contributed by atoms with van der Waals surface area (Å²) in [5.41, 5.74) is 6.09. The average molecular weight is 316 g/mol. The Morgan fingerprint density at radius 1 is 1.00 bits per heavy atom. The second-order valence-electron chi connectivity index (χ2n) is 4.53. The van der Waals surface area contributed by atoms with Gasteiger partial charge in [-0.2, -0.15) is 0 Å². The largest absolute Gasteiger partial charge is 0.491 e. The number of Topliss-reactive ketones (excluding diaryl/α,β-unsaturated/α-hetero) is 2. The van der Waals surface area contributed by atoms with Crippen molar-refractivity contribution in [3.63, 3.8) is 0 Å². The molecule has 2 N–H and O–H groups in total. The molecule has 1 aromatic heterocycles. The van der Waals surface area contributed by atoms with Gasteiger partial charge in [0.15, 0.2) is 10.9 Å². The zero-order valence-corrected chi connectivity index (χ0v) is 12.2. The molecule has 1 aliphatic rings. The molecule has 0 fully saturated rings. The summed E-state index contributed by atoms with van der Waals surface area (Å²) in [5, 5.41) is 0.0297. The van der Waals surface area contributed by atoms with Crippen LogP contribution in [0.15, 0.2) is 41.8 Å². The lowest BCUT2D eigenvalue weighted by atomic mass is 9.99. The summed E-state index contributed by atoms with van der Waals surface area (Å²) < 4.78 is 4.87. The van der Waals surface area contributed by atoms with Crippen LogP contribution in [-0.4, -0.2) is 28.6 Å². The third kappa shape index (κ3) is 2.05. The molecule has 0 bridgehead atoms. The Morgan fingerprint density at radius 2 is 1.64 bits per heavy atom. The maximum atomic E-state index is 12.3. The number of rotatable bonds is 2. The van der Waals surface area contributed by atoms with Gasteiger partial charge in [-0.25, -0.2) is 9.97 Å². The molecule has 3 rings (SSSR count). The third-order valence-electron chi connectivity index (χ3n) is 3.23. The molecule has 0 aliphatic heterocycles. The van der Waals surface area contributed by atoms with Crippen LogP contribution in [0.2, 0.25) is 5.15 Å². The van der Waals surface area contributed by atoms with Crippen LogP contribution in [-0.2, 0) is 4.74 Å². The number of halogens is 1. The highest BCUT2D eigenvalue weighted by Crippen LogP contribution is 2.29. The van der Waals surface area contributed by atoms with Crippen molar-refractivity contribution in [1.29, 1.82) is 0 Å². The van der Waals surface area contributed by atoms with Crippen LogP contribution in [0, 0.1) is 0 Å². The fourth-order valence-corrected chi connectivity index (χ4v) is 2.41. The minimum Gasteiger partial charge on any atom is -0.491 e. The maximum absolute atomic E-state index is 12.3. The van der Waals surface area contributed by atoms with Gasteiger partial charge in [0.2, 0.25) is 5.78 Å². The second kappa shape index (κ2) is 5.23. The number of benzene rings is 1. The van der Waals surface area contributed by atoms with Crippen molar-refractivity contribution in [2.75, 3.05) is 7.11 Å². The molecule has 0 radical (unpaired) electrons. The molecule has 0 spiro atoms. The van der Waals surface area contributed by atoms with Crippen LogP contribution >= 0.6 is 11.6 Å². The number of fused-ring (bicyclic) bond motifs is 1. The van der Waals surface area contributed by atoms with Crippen LogP contribution in [0.5, 0.6) is 0 Å². The van der Waals surface area contributed by atoms with Crippen molar-refractivity contribution < 1.29 is 14.3 Å².